The Balaban J connectivity index is 3.03. The molecule has 19 heavy (non-hydrogen) atoms. The molecule has 0 heterocycles. The summed E-state index contributed by atoms with van der Waals surface area (Å²) < 4.78 is 0. The normalized spacial score (nSPS) is 11.3. The van der Waals surface area contributed by atoms with Crippen molar-refractivity contribution in [2.24, 2.45) is 0 Å². The van der Waals surface area contributed by atoms with Gasteiger partial charge in [-0.2, -0.15) is 5.26 Å². The Hall–Kier alpha value is -2.61. The summed E-state index contributed by atoms with van der Waals surface area (Å²) >= 11 is 0. The molecule has 0 unspecified atom stereocenters. The first kappa shape index (κ1) is 14.5. The van der Waals surface area contributed by atoms with E-state index in [2.05, 4.69) is 0 Å². The second kappa shape index (κ2) is 5.83. The zero-order valence-electron chi connectivity index (χ0n) is 11.0. The van der Waals surface area contributed by atoms with E-state index in [1.54, 1.807) is 31.3 Å². The number of carboxylic acid groups (broad SMARTS) is 1. The maximum Gasteiger partial charge on any atom is 0.331 e. The molecule has 0 aliphatic carbocycles. The third-order valence-electron chi connectivity index (χ3n) is 2.89. The van der Waals surface area contributed by atoms with Gasteiger partial charge in [-0.3, -0.25) is 4.79 Å². The average Bonchev–Trinajstić information content (AvgIpc) is 2.44. The monoisotopic (exact) mass is 258 g/mol. The summed E-state index contributed by atoms with van der Waals surface area (Å²) in [7, 11) is 1.56. The molecule has 0 fully saturated rings. The lowest BCUT2D eigenvalue weighted by atomic mass is 10.1. The van der Waals surface area contributed by atoms with Crippen LogP contribution in [0.2, 0.25) is 0 Å². The molecule has 1 rings (SSSR count). The van der Waals surface area contributed by atoms with Gasteiger partial charge >= 0.3 is 5.97 Å². The lowest BCUT2D eigenvalue weighted by molar-refractivity contribution is -0.133. The second-order valence-corrected chi connectivity index (χ2v) is 4.08. The van der Waals surface area contributed by atoms with Crippen LogP contribution in [0.5, 0.6) is 0 Å². The Labute approximate surface area is 111 Å². The molecule has 0 spiro atoms. The first-order valence-corrected chi connectivity index (χ1v) is 5.57. The molecule has 5 heteroatoms. The van der Waals surface area contributed by atoms with Crippen LogP contribution in [0, 0.1) is 11.3 Å². The van der Waals surface area contributed by atoms with Crippen LogP contribution >= 0.6 is 0 Å². The second-order valence-electron chi connectivity index (χ2n) is 4.08. The Morgan fingerprint density at radius 3 is 2.11 bits per heavy atom. The number of carboxylic acids is 1. The first-order chi connectivity index (χ1) is 8.88. The summed E-state index contributed by atoms with van der Waals surface area (Å²) in [5.41, 5.74) is 1.30. The molecule has 0 aliphatic heterocycles. The highest BCUT2D eigenvalue weighted by atomic mass is 16.4. The van der Waals surface area contributed by atoms with Crippen molar-refractivity contribution in [1.29, 1.82) is 5.26 Å². The Kier molecular flexibility index (Phi) is 4.43. The molecule has 1 aromatic carbocycles. The van der Waals surface area contributed by atoms with Crippen LogP contribution in [0.4, 0.5) is 5.69 Å². The van der Waals surface area contributed by atoms with Crippen molar-refractivity contribution in [3.05, 3.63) is 41.0 Å². The van der Waals surface area contributed by atoms with Gasteiger partial charge in [0.2, 0.25) is 0 Å². The summed E-state index contributed by atoms with van der Waals surface area (Å²) in [5, 5.41) is 17.6. The van der Waals surface area contributed by atoms with Gasteiger partial charge in [0.1, 0.15) is 0 Å². The van der Waals surface area contributed by atoms with Gasteiger partial charge in [0.05, 0.1) is 11.6 Å². The molecule has 0 radical (unpaired) electrons. The number of rotatable bonds is 3. The molecular formula is C14H14N2O3. The Bertz CT molecular complexity index is 580. The Morgan fingerprint density at radius 1 is 1.16 bits per heavy atom. The van der Waals surface area contributed by atoms with E-state index in [0.717, 1.165) is 0 Å². The quantitative estimate of drug-likeness (QED) is 0.840. The van der Waals surface area contributed by atoms with Crippen LogP contribution in [-0.4, -0.2) is 24.0 Å². The summed E-state index contributed by atoms with van der Waals surface area (Å²) in [6, 6.07) is 8.46. The molecule has 0 atom stereocenters. The van der Waals surface area contributed by atoms with E-state index in [-0.39, 0.29) is 17.1 Å². The maximum absolute atomic E-state index is 12.1. The number of nitriles is 1. The predicted octanol–water partition coefficient (Wildman–Crippen LogP) is 1.94. The molecule has 5 nitrogen and oxygen atoms in total. The van der Waals surface area contributed by atoms with Gasteiger partial charge in [0.15, 0.2) is 0 Å². The van der Waals surface area contributed by atoms with Crippen molar-refractivity contribution in [2.75, 3.05) is 11.9 Å². The van der Waals surface area contributed by atoms with Gasteiger partial charge in [-0.15, -0.1) is 0 Å². The fourth-order valence-corrected chi connectivity index (χ4v) is 1.45. The van der Waals surface area contributed by atoms with Crippen LogP contribution in [0.15, 0.2) is 35.4 Å². The lowest BCUT2D eigenvalue weighted by Gasteiger charge is -2.18. The number of amides is 1. The number of hydrogen-bond donors (Lipinski definition) is 1. The summed E-state index contributed by atoms with van der Waals surface area (Å²) in [6.45, 7) is 2.87. The Morgan fingerprint density at radius 2 is 1.68 bits per heavy atom. The molecule has 0 saturated carbocycles. The van der Waals surface area contributed by atoms with E-state index in [9.17, 15) is 9.59 Å². The van der Waals surface area contributed by atoms with Gasteiger partial charge in [-0.25, -0.2) is 4.79 Å². The predicted molar refractivity (Wildman–Crippen MR) is 70.6 cm³/mol. The van der Waals surface area contributed by atoms with E-state index in [0.29, 0.717) is 11.3 Å². The third-order valence-corrected chi connectivity index (χ3v) is 2.89. The molecule has 0 aromatic heterocycles. The van der Waals surface area contributed by atoms with Crippen molar-refractivity contribution in [3.8, 4) is 6.07 Å². The van der Waals surface area contributed by atoms with E-state index >= 15 is 0 Å². The van der Waals surface area contributed by atoms with E-state index < -0.39 is 5.97 Å². The third kappa shape index (κ3) is 3.19. The van der Waals surface area contributed by atoms with Crippen LogP contribution < -0.4 is 4.90 Å². The zero-order chi connectivity index (χ0) is 14.6. The van der Waals surface area contributed by atoms with Gasteiger partial charge < -0.3 is 10.0 Å². The molecule has 1 aromatic rings. The minimum atomic E-state index is -1.11. The number of aliphatic carboxylic acids is 1. The summed E-state index contributed by atoms with van der Waals surface area (Å²) in [6.07, 6.45) is 0. The molecule has 0 bridgehead atoms. The number of carbonyl (C=O) groups excluding carboxylic acids is 1. The number of carbonyl (C=O) groups is 2. The van der Waals surface area contributed by atoms with E-state index in [1.165, 1.54) is 18.7 Å². The van der Waals surface area contributed by atoms with Crippen LogP contribution in [0.25, 0.3) is 0 Å². The molecule has 1 amide bonds. The summed E-state index contributed by atoms with van der Waals surface area (Å²) in [5.74, 6) is -1.50. The minimum absolute atomic E-state index is 0.0190. The fourth-order valence-electron chi connectivity index (χ4n) is 1.45. The van der Waals surface area contributed by atoms with Gasteiger partial charge in [-0.1, -0.05) is 0 Å². The number of nitrogens with zero attached hydrogens (tertiary/aromatic N) is 2. The standard InChI is InChI=1S/C14H14N2O3/c1-9(10(2)14(18)19)13(17)16(3)12-6-4-11(8-15)5-7-12/h4-7H,1-3H3,(H,18,19). The molecular weight excluding hydrogens is 244 g/mol. The van der Waals surface area contributed by atoms with Crippen LogP contribution in [0.1, 0.15) is 19.4 Å². The molecule has 0 saturated heterocycles. The minimum Gasteiger partial charge on any atom is -0.478 e. The van der Waals surface area contributed by atoms with Gasteiger partial charge in [0, 0.05) is 23.9 Å². The van der Waals surface area contributed by atoms with Crippen molar-refractivity contribution in [3.63, 3.8) is 0 Å². The highest BCUT2D eigenvalue weighted by Gasteiger charge is 2.17. The van der Waals surface area contributed by atoms with Crippen LogP contribution in [0.3, 0.4) is 0 Å². The van der Waals surface area contributed by atoms with Gasteiger partial charge in [0.25, 0.3) is 5.91 Å². The van der Waals surface area contributed by atoms with Crippen molar-refractivity contribution in [1.82, 2.24) is 0 Å². The highest BCUT2D eigenvalue weighted by Crippen LogP contribution is 2.17. The van der Waals surface area contributed by atoms with Gasteiger partial charge in [-0.05, 0) is 38.1 Å². The molecule has 0 aliphatic rings. The molecule has 1 N–H and O–H groups in total. The number of hydrogen-bond acceptors (Lipinski definition) is 3. The lowest BCUT2D eigenvalue weighted by Crippen LogP contribution is -2.28. The molecule has 98 valence electrons. The maximum atomic E-state index is 12.1. The fraction of sp³-hybridized carbons (Fsp3) is 0.214. The average molecular weight is 258 g/mol. The SMILES string of the molecule is CC(C(=O)O)=C(C)C(=O)N(C)c1ccc(C#N)cc1. The topological polar surface area (TPSA) is 81.4 Å². The van der Waals surface area contributed by atoms with E-state index in [4.69, 9.17) is 10.4 Å². The van der Waals surface area contributed by atoms with Crippen molar-refractivity contribution >= 4 is 17.6 Å². The highest BCUT2D eigenvalue weighted by molar-refractivity contribution is 6.09. The summed E-state index contributed by atoms with van der Waals surface area (Å²) in [4.78, 5) is 24.3. The van der Waals surface area contributed by atoms with Crippen molar-refractivity contribution in [2.45, 2.75) is 13.8 Å². The first-order valence-electron chi connectivity index (χ1n) is 5.57. The van der Waals surface area contributed by atoms with Crippen molar-refractivity contribution < 1.29 is 14.7 Å². The number of anilines is 1. The smallest absolute Gasteiger partial charge is 0.331 e. The largest absolute Gasteiger partial charge is 0.478 e. The zero-order valence-corrected chi connectivity index (χ0v) is 11.0. The number of benzene rings is 1. The number of likely N-dealkylation sites (N-methyl/N-ethyl adjacent to an activating group) is 1. The van der Waals surface area contributed by atoms with Crippen LogP contribution in [-0.2, 0) is 9.59 Å². The van der Waals surface area contributed by atoms with E-state index in [1.807, 2.05) is 6.07 Å².